The molecule has 172 valence electrons. The smallest absolute Gasteiger partial charge is 0.209 e. The predicted molar refractivity (Wildman–Crippen MR) is 132 cm³/mol. The van der Waals surface area contributed by atoms with Crippen LogP contribution in [0.3, 0.4) is 0 Å². The van der Waals surface area contributed by atoms with Crippen molar-refractivity contribution in [2.24, 2.45) is 4.99 Å². The third-order valence-corrected chi connectivity index (χ3v) is 5.24. The van der Waals surface area contributed by atoms with Gasteiger partial charge in [-0.3, -0.25) is 15.3 Å². The van der Waals surface area contributed by atoms with E-state index in [1.807, 2.05) is 42.6 Å². The third kappa shape index (κ3) is 12.2. The number of ether oxygens (including phenoxy) is 1. The second-order valence-corrected chi connectivity index (χ2v) is 8.11. The van der Waals surface area contributed by atoms with Crippen LogP contribution < -0.4 is 15.4 Å². The van der Waals surface area contributed by atoms with Gasteiger partial charge < -0.3 is 10.1 Å². The van der Waals surface area contributed by atoms with Gasteiger partial charge in [-0.25, -0.2) is 0 Å². The number of benzene rings is 1. The number of nitriles is 1. The molecule has 7 heteroatoms. The van der Waals surface area contributed by atoms with Crippen LogP contribution in [0.1, 0.15) is 64.2 Å². The molecular formula is C25H34ClN5O. The highest BCUT2D eigenvalue weighted by Gasteiger charge is 1.99. The van der Waals surface area contributed by atoms with Crippen molar-refractivity contribution in [1.29, 1.82) is 5.26 Å². The highest BCUT2D eigenvalue weighted by molar-refractivity contribution is 6.30. The Morgan fingerprint density at radius 2 is 1.59 bits per heavy atom. The molecule has 0 saturated heterocycles. The van der Waals surface area contributed by atoms with Gasteiger partial charge in [-0.1, -0.05) is 69.0 Å². The van der Waals surface area contributed by atoms with Crippen molar-refractivity contribution in [3.63, 3.8) is 0 Å². The fourth-order valence-electron chi connectivity index (χ4n) is 3.30. The lowest BCUT2D eigenvalue weighted by Crippen LogP contribution is -2.27. The average molecular weight is 456 g/mol. The molecule has 0 spiro atoms. The third-order valence-electron chi connectivity index (χ3n) is 5.00. The van der Waals surface area contributed by atoms with Crippen LogP contribution in [0.15, 0.2) is 53.8 Å². The Bertz CT molecular complexity index is 823. The summed E-state index contributed by atoms with van der Waals surface area (Å²) in [5.41, 5.74) is 0.857. The first kappa shape index (κ1) is 25.5. The summed E-state index contributed by atoms with van der Waals surface area (Å²) in [6.07, 6.45) is 17.5. The molecule has 0 saturated carbocycles. The van der Waals surface area contributed by atoms with E-state index in [-0.39, 0.29) is 0 Å². The Morgan fingerprint density at radius 3 is 2.25 bits per heavy atom. The topological polar surface area (TPSA) is 82.3 Å². The molecule has 0 aliphatic heterocycles. The van der Waals surface area contributed by atoms with Crippen molar-refractivity contribution in [2.45, 2.75) is 64.2 Å². The Kier molecular flexibility index (Phi) is 13.4. The van der Waals surface area contributed by atoms with Gasteiger partial charge in [0.15, 0.2) is 6.19 Å². The first-order valence-electron chi connectivity index (χ1n) is 11.5. The molecule has 1 aromatic carbocycles. The monoisotopic (exact) mass is 455 g/mol. The van der Waals surface area contributed by atoms with Gasteiger partial charge in [0.2, 0.25) is 5.96 Å². The van der Waals surface area contributed by atoms with E-state index in [1.54, 1.807) is 12.4 Å². The van der Waals surface area contributed by atoms with Crippen LogP contribution in [-0.2, 0) is 0 Å². The maximum Gasteiger partial charge on any atom is 0.209 e. The lowest BCUT2D eigenvalue weighted by atomic mass is 10.1. The second-order valence-electron chi connectivity index (χ2n) is 7.67. The summed E-state index contributed by atoms with van der Waals surface area (Å²) in [5.74, 6) is 1.34. The molecule has 0 atom stereocenters. The lowest BCUT2D eigenvalue weighted by molar-refractivity contribution is 0.304. The molecule has 2 N–H and O–H groups in total. The van der Waals surface area contributed by atoms with Gasteiger partial charge in [0.1, 0.15) is 5.75 Å². The second kappa shape index (κ2) is 16.9. The van der Waals surface area contributed by atoms with Gasteiger partial charge in [-0.2, -0.15) is 5.26 Å². The van der Waals surface area contributed by atoms with E-state index in [2.05, 4.69) is 20.6 Å². The van der Waals surface area contributed by atoms with Crippen molar-refractivity contribution in [3.05, 3.63) is 53.8 Å². The number of aromatic nitrogens is 1. The fourth-order valence-corrected chi connectivity index (χ4v) is 3.48. The molecule has 0 unspecified atom stereocenters. The van der Waals surface area contributed by atoms with Gasteiger partial charge in [-0.05, 0) is 43.2 Å². The van der Waals surface area contributed by atoms with Crippen molar-refractivity contribution >= 4 is 23.2 Å². The summed E-state index contributed by atoms with van der Waals surface area (Å²) >= 11 is 5.95. The first-order valence-corrected chi connectivity index (χ1v) is 11.9. The molecule has 0 bridgehead atoms. The van der Waals surface area contributed by atoms with E-state index >= 15 is 0 Å². The van der Waals surface area contributed by atoms with E-state index < -0.39 is 0 Å². The molecular weight excluding hydrogens is 422 g/mol. The summed E-state index contributed by atoms with van der Waals surface area (Å²) in [6.45, 7) is 1.46. The molecule has 1 aromatic heterocycles. The number of anilines is 1. The molecule has 0 aliphatic carbocycles. The minimum absolute atomic E-state index is 0.483. The van der Waals surface area contributed by atoms with Crippen LogP contribution in [0.2, 0.25) is 5.02 Å². The molecule has 0 amide bonds. The number of hydrogen-bond acceptors (Lipinski definition) is 4. The zero-order chi connectivity index (χ0) is 22.7. The van der Waals surface area contributed by atoms with E-state index in [9.17, 15) is 0 Å². The number of halogens is 1. The van der Waals surface area contributed by atoms with Crippen molar-refractivity contribution < 1.29 is 4.74 Å². The van der Waals surface area contributed by atoms with Crippen molar-refractivity contribution in [2.75, 3.05) is 18.5 Å². The number of guanidine groups is 1. The molecule has 0 radical (unpaired) electrons. The Labute approximate surface area is 197 Å². The zero-order valence-electron chi connectivity index (χ0n) is 18.7. The Balaban J connectivity index is 1.40. The van der Waals surface area contributed by atoms with Gasteiger partial charge in [0, 0.05) is 29.6 Å². The SMILES string of the molecule is N#CNC(=NCCCCCCCCCCCCOc1cccc(Cl)c1)Nc1ccncc1. The maximum absolute atomic E-state index is 8.87. The van der Waals surface area contributed by atoms with E-state index in [0.29, 0.717) is 17.5 Å². The van der Waals surface area contributed by atoms with Crippen molar-refractivity contribution in [3.8, 4) is 11.9 Å². The van der Waals surface area contributed by atoms with Crippen LogP contribution in [0, 0.1) is 11.5 Å². The van der Waals surface area contributed by atoms with Gasteiger partial charge in [0.25, 0.3) is 0 Å². The quantitative estimate of drug-likeness (QED) is 0.104. The standard InChI is InChI=1S/C25H34ClN5O/c26-22-12-11-13-24(20-22)32-19-10-8-6-4-2-1-3-5-7-9-16-29-25(30-21-27)31-23-14-17-28-18-15-23/h11-15,17-18,20H,1-10,16,19H2,(H2,28,29,30,31). The summed E-state index contributed by atoms with van der Waals surface area (Å²) in [6, 6.07) is 11.2. The summed E-state index contributed by atoms with van der Waals surface area (Å²) in [7, 11) is 0. The van der Waals surface area contributed by atoms with E-state index in [1.165, 1.54) is 51.4 Å². The summed E-state index contributed by atoms with van der Waals surface area (Å²) in [4.78, 5) is 8.43. The summed E-state index contributed by atoms with van der Waals surface area (Å²) < 4.78 is 5.72. The minimum Gasteiger partial charge on any atom is -0.494 e. The zero-order valence-corrected chi connectivity index (χ0v) is 19.5. The number of rotatable bonds is 15. The highest BCUT2D eigenvalue weighted by atomic mass is 35.5. The van der Waals surface area contributed by atoms with Crippen LogP contribution in [0.25, 0.3) is 0 Å². The number of nitrogens with one attached hydrogen (secondary N) is 2. The van der Waals surface area contributed by atoms with Crippen LogP contribution in [0.4, 0.5) is 5.69 Å². The molecule has 0 fully saturated rings. The number of aliphatic imine (C=N–C) groups is 1. The molecule has 1 heterocycles. The highest BCUT2D eigenvalue weighted by Crippen LogP contribution is 2.17. The average Bonchev–Trinajstić information content (AvgIpc) is 2.80. The normalized spacial score (nSPS) is 11.1. The van der Waals surface area contributed by atoms with Crippen LogP contribution in [-0.4, -0.2) is 24.1 Å². The number of nitrogens with zero attached hydrogens (tertiary/aromatic N) is 3. The minimum atomic E-state index is 0.483. The van der Waals surface area contributed by atoms with Gasteiger partial charge in [0.05, 0.1) is 6.61 Å². The number of unbranched alkanes of at least 4 members (excludes halogenated alkanes) is 9. The van der Waals surface area contributed by atoms with E-state index in [0.717, 1.165) is 30.9 Å². The molecule has 2 aromatic rings. The van der Waals surface area contributed by atoms with Crippen LogP contribution in [0.5, 0.6) is 5.75 Å². The van der Waals surface area contributed by atoms with Gasteiger partial charge in [-0.15, -0.1) is 0 Å². The summed E-state index contributed by atoms with van der Waals surface area (Å²) in [5, 5.41) is 15.3. The predicted octanol–water partition coefficient (Wildman–Crippen LogP) is 6.55. The molecule has 32 heavy (non-hydrogen) atoms. The first-order chi connectivity index (χ1) is 15.8. The number of hydrogen-bond donors (Lipinski definition) is 2. The molecule has 2 rings (SSSR count). The van der Waals surface area contributed by atoms with Gasteiger partial charge >= 0.3 is 0 Å². The molecule has 6 nitrogen and oxygen atoms in total. The maximum atomic E-state index is 8.87. The van der Waals surface area contributed by atoms with E-state index in [4.69, 9.17) is 21.6 Å². The van der Waals surface area contributed by atoms with Crippen molar-refractivity contribution in [1.82, 2.24) is 10.3 Å². The largest absolute Gasteiger partial charge is 0.494 e. The molecule has 0 aliphatic rings. The fraction of sp³-hybridized carbons (Fsp3) is 0.480. The Hall–Kier alpha value is -2.78. The van der Waals surface area contributed by atoms with Crippen LogP contribution >= 0.6 is 11.6 Å². The Morgan fingerprint density at radius 1 is 0.938 bits per heavy atom. The number of pyridine rings is 1. The lowest BCUT2D eigenvalue weighted by Gasteiger charge is -2.07.